The summed E-state index contributed by atoms with van der Waals surface area (Å²) in [6.45, 7) is 0. The zero-order valence-corrected chi connectivity index (χ0v) is 4.16. The first-order chi connectivity index (χ1) is 3.66. The molecule has 0 unspecified atom stereocenters. The zero-order valence-electron chi connectivity index (χ0n) is 4.16. The van der Waals surface area contributed by atoms with E-state index in [-0.39, 0.29) is 6.20 Å². The van der Waals surface area contributed by atoms with Crippen molar-refractivity contribution in [2.45, 2.75) is 0 Å². The minimum absolute atomic E-state index is 0.250. The van der Waals surface area contributed by atoms with Gasteiger partial charge in [0.1, 0.15) is 5.95 Å². The summed E-state index contributed by atoms with van der Waals surface area (Å²) in [6.07, 6.45) is 0.250. The van der Waals surface area contributed by atoms with E-state index in [4.69, 9.17) is 0 Å². The third-order valence-corrected chi connectivity index (χ3v) is 0.412. The molecule has 0 radical (unpaired) electrons. The predicted octanol–water partition coefficient (Wildman–Crippen LogP) is -0.931. The summed E-state index contributed by atoms with van der Waals surface area (Å²) in [6, 6.07) is 0. The largest absolute Gasteiger partial charge is 0.612 e. The molecule has 0 amide bonds. The summed E-state index contributed by atoms with van der Waals surface area (Å²) in [5, 5.41) is 19.3. The molecule has 0 rings (SSSR count). The molecule has 46 valence electrons. The highest BCUT2D eigenvalue weighted by Crippen LogP contribution is 1.80. The maximum atomic E-state index is 9.90. The summed E-state index contributed by atoms with van der Waals surface area (Å²) < 4.78 is 3.92. The van der Waals surface area contributed by atoms with Crippen LogP contribution >= 0.6 is 0 Å². The van der Waals surface area contributed by atoms with Crippen molar-refractivity contribution in [1.29, 1.82) is 0 Å². The quantitative estimate of drug-likeness (QED) is 0.266. The van der Waals surface area contributed by atoms with Crippen LogP contribution in [0, 0.1) is 10.1 Å². The fourth-order valence-corrected chi connectivity index (χ4v) is 0.139. The lowest BCUT2D eigenvalue weighted by molar-refractivity contribution is -0.434. The van der Waals surface area contributed by atoms with Gasteiger partial charge in [0.25, 0.3) is 6.20 Å². The molecule has 0 atom stereocenters. The minimum atomic E-state index is -0.949. The van der Waals surface area contributed by atoms with E-state index in [0.29, 0.717) is 0 Å². The average molecular weight is 118 g/mol. The second kappa shape index (κ2) is 2.84. The lowest BCUT2D eigenvalue weighted by Crippen LogP contribution is -2.07. The molecule has 5 nitrogen and oxygen atoms in total. The Hall–Kier alpha value is -1.26. The Morgan fingerprint density at radius 3 is 2.50 bits per heavy atom. The van der Waals surface area contributed by atoms with Crippen molar-refractivity contribution in [2.24, 2.45) is 0 Å². The van der Waals surface area contributed by atoms with E-state index in [0.717, 1.165) is 7.11 Å². The third-order valence-electron chi connectivity index (χ3n) is 0.412. The van der Waals surface area contributed by atoms with Gasteiger partial charge in [-0.15, -0.1) is 0 Å². The van der Waals surface area contributed by atoms with E-state index in [1.807, 2.05) is 0 Å². The van der Waals surface area contributed by atoms with Crippen LogP contribution in [0.25, 0.3) is 0 Å². The SMILES string of the molecule is COC([O-])=C[N+](=O)[O-]. The predicted molar refractivity (Wildman–Crippen MR) is 22.1 cm³/mol. The smallest absolute Gasteiger partial charge is 0.256 e. The maximum absolute atomic E-state index is 9.90. The second-order valence-corrected chi connectivity index (χ2v) is 0.938. The van der Waals surface area contributed by atoms with Crippen LogP contribution in [0.3, 0.4) is 0 Å². The molecule has 5 heteroatoms. The molecule has 0 aromatic rings. The molecular weight excluding hydrogens is 114 g/mol. The topological polar surface area (TPSA) is 75.4 Å². The zero-order chi connectivity index (χ0) is 6.57. The first-order valence-electron chi connectivity index (χ1n) is 1.73. The minimum Gasteiger partial charge on any atom is -0.612 e. The fourth-order valence-electron chi connectivity index (χ4n) is 0.139. The van der Waals surface area contributed by atoms with Gasteiger partial charge < -0.3 is 9.84 Å². The maximum Gasteiger partial charge on any atom is 0.256 e. The Morgan fingerprint density at radius 2 is 2.38 bits per heavy atom. The molecule has 0 saturated heterocycles. The van der Waals surface area contributed by atoms with E-state index in [9.17, 15) is 15.2 Å². The van der Waals surface area contributed by atoms with Crippen LogP contribution in [0.4, 0.5) is 0 Å². The van der Waals surface area contributed by atoms with Crippen LogP contribution in [0.5, 0.6) is 0 Å². The third kappa shape index (κ3) is 2.95. The van der Waals surface area contributed by atoms with E-state index in [2.05, 4.69) is 4.74 Å². The molecule has 0 aliphatic rings. The normalized spacial score (nSPS) is 10.9. The van der Waals surface area contributed by atoms with Crippen molar-refractivity contribution in [3.05, 3.63) is 22.3 Å². The Morgan fingerprint density at radius 1 is 1.88 bits per heavy atom. The molecule has 0 aliphatic carbocycles. The summed E-state index contributed by atoms with van der Waals surface area (Å²) in [4.78, 5) is 8.55. The van der Waals surface area contributed by atoms with Crippen molar-refractivity contribution in [1.82, 2.24) is 0 Å². The van der Waals surface area contributed by atoms with Crippen LogP contribution in [0.15, 0.2) is 12.1 Å². The van der Waals surface area contributed by atoms with Gasteiger partial charge in [0.2, 0.25) is 0 Å². The van der Waals surface area contributed by atoms with E-state index in [1.165, 1.54) is 0 Å². The van der Waals surface area contributed by atoms with Gasteiger partial charge in [-0.2, -0.15) is 0 Å². The standard InChI is InChI=1S/C3H5NO4/c1-8-3(5)2-4(6)7/h2,5H,1H3/p-1. The lowest BCUT2D eigenvalue weighted by atomic mass is 10.9. The number of hydrogen-bond donors (Lipinski definition) is 0. The summed E-state index contributed by atoms with van der Waals surface area (Å²) in [7, 11) is 1.07. The first-order valence-corrected chi connectivity index (χ1v) is 1.73. The van der Waals surface area contributed by atoms with Crippen LogP contribution < -0.4 is 5.11 Å². The number of nitro groups is 1. The fraction of sp³-hybridized carbons (Fsp3) is 0.333. The van der Waals surface area contributed by atoms with Gasteiger partial charge in [0, 0.05) is 0 Å². The monoisotopic (exact) mass is 118 g/mol. The molecule has 0 fully saturated rings. The summed E-state index contributed by atoms with van der Waals surface area (Å²) >= 11 is 0. The Kier molecular flexibility index (Phi) is 2.39. The van der Waals surface area contributed by atoms with E-state index < -0.39 is 10.9 Å². The van der Waals surface area contributed by atoms with E-state index in [1.54, 1.807) is 0 Å². The first kappa shape index (κ1) is 6.74. The van der Waals surface area contributed by atoms with Gasteiger partial charge in [-0.25, -0.2) is 0 Å². The molecular formula is C3H4NO4-. The average Bonchev–Trinajstić information content (AvgIpc) is 1.65. The number of methoxy groups -OCH3 is 1. The molecule has 0 spiro atoms. The van der Waals surface area contributed by atoms with Gasteiger partial charge in [0.05, 0.1) is 4.92 Å². The van der Waals surface area contributed by atoms with Crippen molar-refractivity contribution in [3.63, 3.8) is 0 Å². The molecule has 0 aromatic heterocycles. The van der Waals surface area contributed by atoms with Gasteiger partial charge >= 0.3 is 0 Å². The molecule has 0 aliphatic heterocycles. The van der Waals surface area contributed by atoms with Crippen LogP contribution in [-0.2, 0) is 4.74 Å². The number of ether oxygens (including phenoxy) is 1. The number of rotatable bonds is 2. The van der Waals surface area contributed by atoms with Gasteiger partial charge in [0.15, 0.2) is 0 Å². The number of hydrogen-bond acceptors (Lipinski definition) is 4. The highest BCUT2D eigenvalue weighted by atomic mass is 16.6. The van der Waals surface area contributed by atoms with Crippen LogP contribution in [-0.4, -0.2) is 12.0 Å². The molecule has 0 heterocycles. The second-order valence-electron chi connectivity index (χ2n) is 0.938. The van der Waals surface area contributed by atoms with Crippen molar-refractivity contribution in [3.8, 4) is 0 Å². The van der Waals surface area contributed by atoms with Crippen LogP contribution in [0.2, 0.25) is 0 Å². The molecule has 0 N–H and O–H groups in total. The van der Waals surface area contributed by atoms with E-state index >= 15 is 0 Å². The number of nitrogens with zero attached hydrogens (tertiary/aromatic N) is 1. The summed E-state index contributed by atoms with van der Waals surface area (Å²) in [5.74, 6) is -0.949. The lowest BCUT2D eigenvalue weighted by Gasteiger charge is -2.01. The van der Waals surface area contributed by atoms with Gasteiger partial charge in [-0.1, -0.05) is 0 Å². The molecule has 0 aromatic carbocycles. The summed E-state index contributed by atoms with van der Waals surface area (Å²) in [5.41, 5.74) is 0. The molecule has 8 heavy (non-hydrogen) atoms. The Labute approximate surface area is 45.3 Å². The highest BCUT2D eigenvalue weighted by Gasteiger charge is 1.84. The van der Waals surface area contributed by atoms with Crippen molar-refractivity contribution < 1.29 is 14.8 Å². The Bertz CT molecular complexity index is 118. The van der Waals surface area contributed by atoms with Gasteiger partial charge in [-0.05, 0) is 7.11 Å². The highest BCUT2D eigenvalue weighted by molar-refractivity contribution is 4.66. The van der Waals surface area contributed by atoms with Crippen LogP contribution in [0.1, 0.15) is 0 Å². The molecule has 0 bridgehead atoms. The van der Waals surface area contributed by atoms with Crippen molar-refractivity contribution in [2.75, 3.05) is 7.11 Å². The van der Waals surface area contributed by atoms with Gasteiger partial charge in [-0.3, -0.25) is 10.1 Å². The molecule has 0 saturated carbocycles. The van der Waals surface area contributed by atoms with Crippen molar-refractivity contribution >= 4 is 0 Å². The Balaban J connectivity index is 3.75.